The fraction of sp³-hybridized carbons (Fsp3) is 0. The van der Waals surface area contributed by atoms with Gasteiger partial charge in [-0.2, -0.15) is 4.52 Å². The predicted octanol–water partition coefficient (Wildman–Crippen LogP) is 2.45. The van der Waals surface area contributed by atoms with Crippen LogP contribution in [0.2, 0.25) is 0 Å². The summed E-state index contributed by atoms with van der Waals surface area (Å²) in [5.74, 6) is 0.324. The highest BCUT2D eigenvalue weighted by Crippen LogP contribution is 2.27. The number of hydrogen-bond acceptors (Lipinski definition) is 6. The van der Waals surface area contributed by atoms with E-state index < -0.39 is 5.63 Å². The molecule has 114 valence electrons. The summed E-state index contributed by atoms with van der Waals surface area (Å²) in [6.45, 7) is 0. The van der Waals surface area contributed by atoms with E-state index in [1.54, 1.807) is 12.3 Å². The van der Waals surface area contributed by atoms with Crippen LogP contribution in [0.15, 0.2) is 63.9 Å². The summed E-state index contributed by atoms with van der Waals surface area (Å²) in [5.41, 5.74) is 1.03. The highest BCUT2D eigenvalue weighted by molar-refractivity contribution is 6.06. The molecule has 0 aliphatic carbocycles. The summed E-state index contributed by atoms with van der Waals surface area (Å²) in [4.78, 5) is 16.5. The first-order valence-corrected chi connectivity index (χ1v) is 7.30. The number of benzene rings is 2. The van der Waals surface area contributed by atoms with Gasteiger partial charge in [-0.3, -0.25) is 0 Å². The van der Waals surface area contributed by atoms with E-state index in [1.165, 1.54) is 4.52 Å². The quantitative estimate of drug-likeness (QED) is 0.349. The van der Waals surface area contributed by atoms with E-state index in [-0.39, 0.29) is 0 Å². The van der Waals surface area contributed by atoms with Gasteiger partial charge in [-0.25, -0.2) is 9.78 Å². The van der Waals surface area contributed by atoms with Gasteiger partial charge in [-0.05, 0) is 39.4 Å². The molecule has 5 rings (SSSR count). The van der Waals surface area contributed by atoms with Gasteiger partial charge in [0, 0.05) is 11.6 Å². The van der Waals surface area contributed by atoms with E-state index in [0.717, 1.165) is 16.2 Å². The van der Waals surface area contributed by atoms with Crippen molar-refractivity contribution in [3.05, 3.63) is 65.1 Å². The first kappa shape index (κ1) is 12.9. The van der Waals surface area contributed by atoms with E-state index in [2.05, 4.69) is 20.5 Å². The first-order chi connectivity index (χ1) is 11.8. The van der Waals surface area contributed by atoms with Crippen LogP contribution in [0.25, 0.3) is 38.8 Å². The Morgan fingerprint density at radius 3 is 2.88 bits per heavy atom. The predicted molar refractivity (Wildman–Crippen MR) is 87.6 cm³/mol. The Kier molecular flexibility index (Phi) is 2.52. The van der Waals surface area contributed by atoms with Gasteiger partial charge in [0.05, 0.1) is 11.3 Å². The molecule has 0 saturated heterocycles. The van der Waals surface area contributed by atoms with Gasteiger partial charge in [0.15, 0.2) is 0 Å². The Hall–Kier alpha value is -3.61. The highest BCUT2D eigenvalue weighted by Gasteiger charge is 2.14. The van der Waals surface area contributed by atoms with Crippen LogP contribution in [-0.2, 0) is 0 Å². The van der Waals surface area contributed by atoms with E-state index in [9.17, 15) is 4.79 Å². The normalized spacial score (nSPS) is 11.5. The summed E-state index contributed by atoms with van der Waals surface area (Å²) >= 11 is 0. The van der Waals surface area contributed by atoms with Crippen LogP contribution in [0.5, 0.6) is 0 Å². The van der Waals surface area contributed by atoms with E-state index >= 15 is 0 Å². The second kappa shape index (κ2) is 4.69. The zero-order valence-corrected chi connectivity index (χ0v) is 12.2. The third kappa shape index (κ3) is 1.75. The van der Waals surface area contributed by atoms with Crippen LogP contribution in [-0.4, -0.2) is 25.0 Å². The molecule has 0 N–H and O–H groups in total. The number of nitrogens with zero attached hydrogens (tertiary/aromatic N) is 5. The molecule has 0 fully saturated rings. The molecule has 3 heterocycles. The van der Waals surface area contributed by atoms with Crippen molar-refractivity contribution >= 4 is 27.5 Å². The average molecular weight is 315 g/mol. The van der Waals surface area contributed by atoms with Gasteiger partial charge in [-0.15, -0.1) is 0 Å². The molecule has 0 bridgehead atoms. The van der Waals surface area contributed by atoms with Crippen molar-refractivity contribution in [3.8, 4) is 11.3 Å². The van der Waals surface area contributed by atoms with Crippen LogP contribution >= 0.6 is 0 Å². The molecular formula is C17H9N5O2. The molecule has 0 saturated carbocycles. The molecule has 0 aliphatic heterocycles. The van der Waals surface area contributed by atoms with Crippen molar-refractivity contribution in [2.24, 2.45) is 0 Å². The Bertz CT molecular complexity index is 1290. The minimum Gasteiger partial charge on any atom is -0.422 e. The minimum atomic E-state index is -0.444. The fourth-order valence-corrected chi connectivity index (χ4v) is 2.92. The molecule has 5 aromatic rings. The Labute approximate surface area is 134 Å². The molecule has 24 heavy (non-hydrogen) atoms. The lowest BCUT2D eigenvalue weighted by Gasteiger charge is -2.06. The van der Waals surface area contributed by atoms with Gasteiger partial charge < -0.3 is 4.42 Å². The Morgan fingerprint density at radius 1 is 1.00 bits per heavy atom. The molecule has 2 aromatic carbocycles. The minimum absolute atomic E-state index is 0.324. The maximum absolute atomic E-state index is 12.5. The molecule has 3 aromatic heterocycles. The summed E-state index contributed by atoms with van der Waals surface area (Å²) in [6, 6.07) is 15.2. The lowest BCUT2D eigenvalue weighted by molar-refractivity contribution is 0.563. The second-order valence-corrected chi connectivity index (χ2v) is 5.37. The fourth-order valence-electron chi connectivity index (χ4n) is 2.92. The lowest BCUT2D eigenvalue weighted by Crippen LogP contribution is -2.07. The maximum Gasteiger partial charge on any atom is 0.345 e. The van der Waals surface area contributed by atoms with Crippen molar-refractivity contribution in [3.63, 3.8) is 0 Å². The largest absolute Gasteiger partial charge is 0.422 e. The molecule has 0 spiro atoms. The van der Waals surface area contributed by atoms with Crippen LogP contribution in [0, 0.1) is 0 Å². The summed E-state index contributed by atoms with van der Waals surface area (Å²) in [5, 5.41) is 14.2. The van der Waals surface area contributed by atoms with Crippen molar-refractivity contribution in [2.45, 2.75) is 0 Å². The van der Waals surface area contributed by atoms with Crippen LogP contribution < -0.4 is 5.63 Å². The van der Waals surface area contributed by atoms with Gasteiger partial charge in [0.25, 0.3) is 5.78 Å². The van der Waals surface area contributed by atoms with Crippen molar-refractivity contribution < 1.29 is 4.42 Å². The number of tetrazole rings is 1. The maximum atomic E-state index is 12.5. The Balaban J connectivity index is 1.92. The van der Waals surface area contributed by atoms with Crippen LogP contribution in [0.1, 0.15) is 0 Å². The molecule has 0 aliphatic rings. The smallest absolute Gasteiger partial charge is 0.345 e. The van der Waals surface area contributed by atoms with Crippen molar-refractivity contribution in [2.75, 3.05) is 0 Å². The molecule has 7 heteroatoms. The van der Waals surface area contributed by atoms with Crippen molar-refractivity contribution in [1.82, 2.24) is 25.0 Å². The molecule has 0 radical (unpaired) electrons. The zero-order chi connectivity index (χ0) is 16.1. The molecule has 7 nitrogen and oxygen atoms in total. The molecular weight excluding hydrogens is 306 g/mol. The van der Waals surface area contributed by atoms with Gasteiger partial charge in [0.2, 0.25) is 0 Å². The third-order valence-electron chi connectivity index (χ3n) is 4.02. The summed E-state index contributed by atoms with van der Waals surface area (Å²) < 4.78 is 6.94. The van der Waals surface area contributed by atoms with Crippen molar-refractivity contribution in [1.29, 1.82) is 0 Å². The van der Waals surface area contributed by atoms with Gasteiger partial charge in [-0.1, -0.05) is 35.4 Å². The first-order valence-electron chi connectivity index (χ1n) is 7.30. The molecule has 0 atom stereocenters. The van der Waals surface area contributed by atoms with E-state index in [1.807, 2.05) is 42.5 Å². The number of fused-ring (bicyclic) bond motifs is 4. The zero-order valence-electron chi connectivity index (χ0n) is 12.2. The van der Waals surface area contributed by atoms with E-state index in [0.29, 0.717) is 22.6 Å². The summed E-state index contributed by atoms with van der Waals surface area (Å²) in [7, 11) is 0. The topological polar surface area (TPSA) is 86.2 Å². The standard InChI is InChI=1S/C17H9N5O2/c23-16-13(14-7-8-18-17-19-20-21-22(14)17)9-12-11-4-2-1-3-10(11)5-6-15(12)24-16/h1-9H. The number of hydrogen-bond donors (Lipinski definition) is 0. The second-order valence-electron chi connectivity index (χ2n) is 5.37. The number of aromatic nitrogens is 5. The molecule has 0 unspecified atom stereocenters. The van der Waals surface area contributed by atoms with Crippen LogP contribution in [0.3, 0.4) is 0 Å². The Morgan fingerprint density at radius 2 is 1.92 bits per heavy atom. The highest BCUT2D eigenvalue weighted by atomic mass is 16.4. The average Bonchev–Trinajstić information content (AvgIpc) is 3.10. The third-order valence-corrected chi connectivity index (χ3v) is 4.02. The number of rotatable bonds is 1. The van der Waals surface area contributed by atoms with Gasteiger partial charge in [0.1, 0.15) is 5.58 Å². The SMILES string of the molecule is O=c1oc2ccc3ccccc3c2cc1-c1ccnc2nnnn12. The molecule has 0 amide bonds. The van der Waals surface area contributed by atoms with E-state index in [4.69, 9.17) is 4.42 Å². The van der Waals surface area contributed by atoms with Gasteiger partial charge >= 0.3 is 5.63 Å². The van der Waals surface area contributed by atoms with Crippen LogP contribution in [0.4, 0.5) is 0 Å². The summed E-state index contributed by atoms with van der Waals surface area (Å²) in [6.07, 6.45) is 1.56. The lowest BCUT2D eigenvalue weighted by atomic mass is 10.0. The monoisotopic (exact) mass is 315 g/mol.